The quantitative estimate of drug-likeness (QED) is 0.132. The van der Waals surface area contributed by atoms with Crippen molar-refractivity contribution >= 4 is 13.7 Å². The summed E-state index contributed by atoms with van der Waals surface area (Å²) in [6.07, 6.45) is -0.366. The van der Waals surface area contributed by atoms with Gasteiger partial charge in [0.1, 0.15) is 18.0 Å². The number of hydrogen-bond acceptors (Lipinski definition) is 9. The van der Waals surface area contributed by atoms with Gasteiger partial charge in [-0.05, 0) is 37.4 Å². The molecule has 15 heteroatoms. The summed E-state index contributed by atoms with van der Waals surface area (Å²) in [5, 5.41) is 6.42. The largest absolute Gasteiger partial charge is 0.465 e. The van der Waals surface area contributed by atoms with E-state index in [4.69, 9.17) is 24.1 Å². The molecule has 1 unspecified atom stereocenters. The molecule has 0 saturated carbocycles. The van der Waals surface area contributed by atoms with E-state index in [1.165, 1.54) is 17.7 Å². The molecule has 1 saturated heterocycles. The van der Waals surface area contributed by atoms with Gasteiger partial charge >= 0.3 is 19.4 Å². The number of benzene rings is 1. The van der Waals surface area contributed by atoms with Crippen LogP contribution in [0.25, 0.3) is 10.4 Å². The molecule has 2 heterocycles. The first-order valence-corrected chi connectivity index (χ1v) is 13.6. The van der Waals surface area contributed by atoms with Gasteiger partial charge in [-0.2, -0.15) is 5.09 Å². The summed E-state index contributed by atoms with van der Waals surface area (Å²) in [6.45, 7) is 6.43. The summed E-state index contributed by atoms with van der Waals surface area (Å²) >= 11 is 0. The van der Waals surface area contributed by atoms with Gasteiger partial charge in [0.15, 0.2) is 0 Å². The summed E-state index contributed by atoms with van der Waals surface area (Å²) < 4.78 is 37.5. The van der Waals surface area contributed by atoms with Crippen LogP contribution in [0.4, 0.5) is 0 Å². The fraction of sp³-hybridized carbons (Fsp3) is 0.522. The summed E-state index contributed by atoms with van der Waals surface area (Å²) in [5.41, 5.74) is 8.12. The zero-order valence-corrected chi connectivity index (χ0v) is 22.4. The fourth-order valence-corrected chi connectivity index (χ4v) is 5.45. The number of azide groups is 1. The van der Waals surface area contributed by atoms with Crippen molar-refractivity contribution in [3.05, 3.63) is 73.4 Å². The number of aromatic nitrogens is 2. The SMILES string of the molecule is CCOC(=O)[C@H](NP(=O)(OC[C@H]1O[C@@H](n2cc(C)c(=O)[nH]c2=O)C[C@@H]1N=[N+]=[N-])Oc1ccccc1)C(C)C. The maximum atomic E-state index is 13.9. The Labute approximate surface area is 218 Å². The van der Waals surface area contributed by atoms with Crippen LogP contribution in [-0.2, 0) is 23.4 Å². The molecule has 1 fully saturated rings. The van der Waals surface area contributed by atoms with Gasteiger partial charge in [-0.25, -0.2) is 9.36 Å². The number of rotatable bonds is 12. The topological polar surface area (TPSA) is 187 Å². The van der Waals surface area contributed by atoms with E-state index in [-0.39, 0.29) is 36.9 Å². The molecular weight excluding hydrogens is 519 g/mol. The van der Waals surface area contributed by atoms with Crippen molar-refractivity contribution in [3.8, 4) is 5.75 Å². The first-order valence-electron chi connectivity index (χ1n) is 12.0. The third-order valence-electron chi connectivity index (χ3n) is 5.74. The molecule has 0 bridgehead atoms. The molecule has 206 valence electrons. The second-order valence-corrected chi connectivity index (χ2v) is 10.6. The molecule has 0 radical (unpaired) electrons. The second kappa shape index (κ2) is 12.9. The van der Waals surface area contributed by atoms with Crippen LogP contribution in [-0.4, -0.2) is 46.9 Å². The first kappa shape index (κ1) is 29.2. The molecule has 38 heavy (non-hydrogen) atoms. The van der Waals surface area contributed by atoms with Crippen LogP contribution in [0.1, 0.15) is 39.0 Å². The van der Waals surface area contributed by atoms with Gasteiger partial charge in [-0.3, -0.25) is 23.7 Å². The van der Waals surface area contributed by atoms with E-state index in [2.05, 4.69) is 20.1 Å². The Morgan fingerprint density at radius 3 is 2.68 bits per heavy atom. The summed E-state index contributed by atoms with van der Waals surface area (Å²) in [7, 11) is -4.22. The summed E-state index contributed by atoms with van der Waals surface area (Å²) in [4.78, 5) is 41.7. The van der Waals surface area contributed by atoms with E-state index in [9.17, 15) is 18.9 Å². The van der Waals surface area contributed by atoms with E-state index in [0.717, 1.165) is 0 Å². The number of aromatic amines is 1. The van der Waals surface area contributed by atoms with Crippen LogP contribution in [0.3, 0.4) is 0 Å². The molecule has 0 amide bonds. The minimum Gasteiger partial charge on any atom is -0.465 e. The lowest BCUT2D eigenvalue weighted by molar-refractivity contribution is -0.146. The Hall–Kier alpha value is -3.41. The molecule has 3 rings (SSSR count). The predicted molar refractivity (Wildman–Crippen MR) is 137 cm³/mol. The molecule has 2 aromatic rings. The molecule has 1 aliphatic rings. The Balaban J connectivity index is 1.85. The molecule has 0 spiro atoms. The van der Waals surface area contributed by atoms with Gasteiger partial charge in [-0.1, -0.05) is 37.2 Å². The predicted octanol–water partition coefficient (Wildman–Crippen LogP) is 3.19. The van der Waals surface area contributed by atoms with E-state index in [0.29, 0.717) is 0 Å². The number of hydrogen-bond donors (Lipinski definition) is 2. The average molecular weight is 551 g/mol. The number of H-pyrrole nitrogens is 1. The van der Waals surface area contributed by atoms with Crippen molar-refractivity contribution in [1.82, 2.24) is 14.6 Å². The van der Waals surface area contributed by atoms with Crippen molar-refractivity contribution in [2.45, 2.75) is 58.5 Å². The lowest BCUT2D eigenvalue weighted by atomic mass is 10.1. The van der Waals surface area contributed by atoms with Crippen molar-refractivity contribution < 1.29 is 27.9 Å². The molecule has 14 nitrogen and oxygen atoms in total. The Kier molecular flexibility index (Phi) is 9.90. The number of para-hydroxylation sites is 1. The van der Waals surface area contributed by atoms with Crippen LogP contribution in [0.5, 0.6) is 5.75 Å². The van der Waals surface area contributed by atoms with E-state index in [1.807, 2.05) is 0 Å². The van der Waals surface area contributed by atoms with Crippen LogP contribution in [0.2, 0.25) is 0 Å². The fourth-order valence-electron chi connectivity index (χ4n) is 3.78. The first-order chi connectivity index (χ1) is 18.1. The molecule has 1 aromatic heterocycles. The van der Waals surface area contributed by atoms with Gasteiger partial charge in [0.05, 0.1) is 25.4 Å². The monoisotopic (exact) mass is 550 g/mol. The van der Waals surface area contributed by atoms with Gasteiger partial charge in [0.25, 0.3) is 5.56 Å². The third-order valence-corrected chi connectivity index (χ3v) is 7.28. The van der Waals surface area contributed by atoms with Crippen LogP contribution >= 0.6 is 7.75 Å². The Morgan fingerprint density at radius 1 is 1.34 bits per heavy atom. The average Bonchev–Trinajstić information content (AvgIpc) is 3.27. The maximum absolute atomic E-state index is 13.9. The summed E-state index contributed by atoms with van der Waals surface area (Å²) in [6, 6.07) is 6.44. The number of aryl methyl sites for hydroxylation is 1. The van der Waals surface area contributed by atoms with Crippen LogP contribution in [0, 0.1) is 12.8 Å². The minimum absolute atomic E-state index is 0.0954. The zero-order valence-electron chi connectivity index (χ0n) is 21.5. The molecular formula is C23H31N6O8P. The Morgan fingerprint density at radius 2 is 2.05 bits per heavy atom. The normalized spacial score (nSPS) is 21.3. The van der Waals surface area contributed by atoms with E-state index < -0.39 is 49.4 Å². The molecule has 0 aliphatic carbocycles. The zero-order chi connectivity index (χ0) is 27.9. The number of esters is 1. The van der Waals surface area contributed by atoms with Gasteiger partial charge < -0.3 is 14.0 Å². The highest BCUT2D eigenvalue weighted by molar-refractivity contribution is 7.52. The van der Waals surface area contributed by atoms with Gasteiger partial charge in [0.2, 0.25) is 0 Å². The third kappa shape index (κ3) is 7.33. The Bertz CT molecular complexity index is 1320. The number of carbonyl (C=O) groups excluding carboxylic acids is 1. The summed E-state index contributed by atoms with van der Waals surface area (Å²) in [5.74, 6) is -0.731. The van der Waals surface area contributed by atoms with Gasteiger partial charge in [0, 0.05) is 23.1 Å². The number of carbonyl (C=O) groups is 1. The number of nitrogens with one attached hydrogen (secondary N) is 2. The van der Waals surface area contributed by atoms with Crippen molar-refractivity contribution in [2.75, 3.05) is 13.2 Å². The van der Waals surface area contributed by atoms with E-state index >= 15 is 0 Å². The lowest BCUT2D eigenvalue weighted by Gasteiger charge is -2.27. The van der Waals surface area contributed by atoms with Crippen molar-refractivity contribution in [1.29, 1.82) is 0 Å². The highest BCUT2D eigenvalue weighted by atomic mass is 31.2. The van der Waals surface area contributed by atoms with Crippen LogP contribution in [0.15, 0.2) is 51.2 Å². The van der Waals surface area contributed by atoms with E-state index in [1.54, 1.807) is 51.1 Å². The smallest absolute Gasteiger partial charge is 0.459 e. The molecule has 5 atom stereocenters. The highest BCUT2D eigenvalue weighted by Gasteiger charge is 2.41. The number of ether oxygens (including phenoxy) is 2. The lowest BCUT2D eigenvalue weighted by Crippen LogP contribution is -2.42. The maximum Gasteiger partial charge on any atom is 0.459 e. The molecule has 2 N–H and O–H groups in total. The van der Waals surface area contributed by atoms with Crippen LogP contribution < -0.4 is 20.9 Å². The molecule has 1 aliphatic heterocycles. The highest BCUT2D eigenvalue weighted by Crippen LogP contribution is 2.46. The molecule has 1 aromatic carbocycles. The van der Waals surface area contributed by atoms with Crippen molar-refractivity contribution in [3.63, 3.8) is 0 Å². The second-order valence-electron chi connectivity index (χ2n) is 8.92. The standard InChI is InChI=1S/C23H31N6O8P/c1-5-34-22(31)20(14(2)3)27-38(33,37-16-9-7-6-8-10-16)35-13-18-17(26-28-24)11-19(36-18)29-12-15(4)21(30)25-23(29)32/h6-10,12,14,17-20H,5,11,13H2,1-4H3,(H,27,33)(H,25,30,32)/t17-,18+,19+,20+,38?/m0/s1. The van der Waals surface area contributed by atoms with Crippen molar-refractivity contribution in [2.24, 2.45) is 11.0 Å². The number of nitrogens with zero attached hydrogens (tertiary/aromatic N) is 4. The van der Waals surface area contributed by atoms with Gasteiger partial charge in [-0.15, -0.1) is 0 Å². The minimum atomic E-state index is -4.22.